The molecule has 0 fully saturated rings. The molecule has 0 aromatic heterocycles. The molecule has 0 spiro atoms. The van der Waals surface area contributed by atoms with Gasteiger partial charge in [-0.25, -0.2) is 13.1 Å². The van der Waals surface area contributed by atoms with Crippen LogP contribution in [0.25, 0.3) is 0 Å². The number of rotatable bonds is 5. The zero-order valence-electron chi connectivity index (χ0n) is 11.4. The molecule has 0 amide bonds. The Morgan fingerprint density at radius 3 is 2.63 bits per heavy atom. The number of benzene rings is 1. The van der Waals surface area contributed by atoms with Crippen LogP contribution in [0.5, 0.6) is 0 Å². The summed E-state index contributed by atoms with van der Waals surface area (Å²) >= 11 is 0. The van der Waals surface area contributed by atoms with E-state index in [1.165, 1.54) is 5.56 Å². The Labute approximate surface area is 114 Å². The van der Waals surface area contributed by atoms with Crippen molar-refractivity contribution in [1.82, 2.24) is 4.72 Å². The SMILES string of the molecule is CC(C)C(O)CNS(=O)(=O)c1ccc2c(c1)CCC2. The normalized spacial score (nSPS) is 16.6. The number of hydrogen-bond donors (Lipinski definition) is 2. The summed E-state index contributed by atoms with van der Waals surface area (Å²) in [6, 6.07) is 5.30. The van der Waals surface area contributed by atoms with Gasteiger partial charge in [-0.3, -0.25) is 0 Å². The first-order valence-electron chi connectivity index (χ1n) is 6.69. The van der Waals surface area contributed by atoms with Crippen LogP contribution in [0.2, 0.25) is 0 Å². The number of aliphatic hydroxyl groups excluding tert-OH is 1. The third-order valence-corrected chi connectivity index (χ3v) is 5.05. The molecule has 0 aliphatic heterocycles. The molecule has 1 aliphatic rings. The van der Waals surface area contributed by atoms with Gasteiger partial charge in [-0.1, -0.05) is 19.9 Å². The summed E-state index contributed by atoms with van der Waals surface area (Å²) in [5, 5.41) is 9.66. The van der Waals surface area contributed by atoms with Crippen molar-refractivity contribution in [1.29, 1.82) is 0 Å². The Balaban J connectivity index is 2.11. The van der Waals surface area contributed by atoms with Crippen molar-refractivity contribution >= 4 is 10.0 Å². The van der Waals surface area contributed by atoms with E-state index in [0.717, 1.165) is 24.8 Å². The fraction of sp³-hybridized carbons (Fsp3) is 0.571. The Kier molecular flexibility index (Phi) is 4.28. The topological polar surface area (TPSA) is 66.4 Å². The molecule has 0 heterocycles. The second kappa shape index (κ2) is 5.61. The van der Waals surface area contributed by atoms with E-state index in [1.54, 1.807) is 12.1 Å². The van der Waals surface area contributed by atoms with Gasteiger partial charge in [0.2, 0.25) is 10.0 Å². The monoisotopic (exact) mass is 283 g/mol. The highest BCUT2D eigenvalue weighted by Crippen LogP contribution is 2.24. The van der Waals surface area contributed by atoms with E-state index in [9.17, 15) is 13.5 Å². The van der Waals surface area contributed by atoms with Crippen LogP contribution in [0.15, 0.2) is 23.1 Å². The third kappa shape index (κ3) is 3.35. The molecular weight excluding hydrogens is 262 g/mol. The van der Waals surface area contributed by atoms with Crippen LogP contribution in [0, 0.1) is 5.92 Å². The standard InChI is InChI=1S/C14H21NO3S/c1-10(2)14(16)9-15-19(17,18)13-7-6-11-4-3-5-12(11)8-13/h6-8,10,14-16H,3-5,9H2,1-2H3. The van der Waals surface area contributed by atoms with E-state index < -0.39 is 16.1 Å². The maximum Gasteiger partial charge on any atom is 0.240 e. The molecule has 106 valence electrons. The van der Waals surface area contributed by atoms with Crippen LogP contribution in [-0.4, -0.2) is 26.2 Å². The zero-order chi connectivity index (χ0) is 14.0. The summed E-state index contributed by atoms with van der Waals surface area (Å²) in [6.45, 7) is 3.76. The highest BCUT2D eigenvalue weighted by molar-refractivity contribution is 7.89. The van der Waals surface area contributed by atoms with Gasteiger partial charge >= 0.3 is 0 Å². The Hall–Kier alpha value is -0.910. The van der Waals surface area contributed by atoms with E-state index in [2.05, 4.69) is 4.72 Å². The van der Waals surface area contributed by atoms with Crippen LogP contribution >= 0.6 is 0 Å². The van der Waals surface area contributed by atoms with Crippen molar-refractivity contribution in [2.24, 2.45) is 5.92 Å². The smallest absolute Gasteiger partial charge is 0.240 e. The van der Waals surface area contributed by atoms with Crippen LogP contribution < -0.4 is 4.72 Å². The minimum absolute atomic E-state index is 0.0303. The summed E-state index contributed by atoms with van der Waals surface area (Å²) in [5.74, 6) is 0.0303. The lowest BCUT2D eigenvalue weighted by Gasteiger charge is -2.15. The number of fused-ring (bicyclic) bond motifs is 1. The third-order valence-electron chi connectivity index (χ3n) is 3.63. The zero-order valence-corrected chi connectivity index (χ0v) is 12.2. The number of aryl methyl sites for hydroxylation is 2. The summed E-state index contributed by atoms with van der Waals surface area (Å²) in [5.41, 5.74) is 2.38. The summed E-state index contributed by atoms with van der Waals surface area (Å²) in [7, 11) is -3.52. The highest BCUT2D eigenvalue weighted by atomic mass is 32.2. The first kappa shape index (κ1) is 14.5. The van der Waals surface area contributed by atoms with E-state index in [4.69, 9.17) is 0 Å². The minimum Gasteiger partial charge on any atom is -0.391 e. The van der Waals surface area contributed by atoms with Gasteiger partial charge in [0.1, 0.15) is 0 Å². The van der Waals surface area contributed by atoms with Crippen LogP contribution in [0.1, 0.15) is 31.4 Å². The quantitative estimate of drug-likeness (QED) is 0.860. The molecule has 4 nitrogen and oxygen atoms in total. The summed E-state index contributed by atoms with van der Waals surface area (Å²) in [4.78, 5) is 0.295. The molecule has 1 atom stereocenters. The molecule has 1 unspecified atom stereocenters. The summed E-state index contributed by atoms with van der Waals surface area (Å²) < 4.78 is 26.7. The molecule has 1 aromatic carbocycles. The number of nitrogens with one attached hydrogen (secondary N) is 1. The number of sulfonamides is 1. The fourth-order valence-corrected chi connectivity index (χ4v) is 3.33. The first-order chi connectivity index (χ1) is 8.90. The van der Waals surface area contributed by atoms with Gasteiger partial charge in [0.15, 0.2) is 0 Å². The number of hydrogen-bond acceptors (Lipinski definition) is 3. The lowest BCUT2D eigenvalue weighted by Crippen LogP contribution is -2.34. The molecule has 0 bridgehead atoms. The highest BCUT2D eigenvalue weighted by Gasteiger charge is 2.20. The van der Waals surface area contributed by atoms with Crippen molar-refractivity contribution in [3.05, 3.63) is 29.3 Å². The molecule has 19 heavy (non-hydrogen) atoms. The van der Waals surface area contributed by atoms with Gasteiger partial charge in [0.25, 0.3) is 0 Å². The van der Waals surface area contributed by atoms with Crippen molar-refractivity contribution in [2.45, 2.75) is 44.1 Å². The second-order valence-corrected chi connectivity index (χ2v) is 7.21. The first-order valence-corrected chi connectivity index (χ1v) is 8.18. The van der Waals surface area contributed by atoms with Crippen LogP contribution in [0.3, 0.4) is 0 Å². The predicted octanol–water partition coefficient (Wildman–Crippen LogP) is 1.47. The molecule has 0 saturated carbocycles. The molecule has 0 saturated heterocycles. The lowest BCUT2D eigenvalue weighted by atomic mass is 10.1. The Morgan fingerprint density at radius 2 is 1.95 bits per heavy atom. The molecule has 2 rings (SSSR count). The van der Waals surface area contributed by atoms with E-state index in [-0.39, 0.29) is 12.5 Å². The minimum atomic E-state index is -3.52. The largest absolute Gasteiger partial charge is 0.391 e. The van der Waals surface area contributed by atoms with Gasteiger partial charge in [-0.2, -0.15) is 0 Å². The van der Waals surface area contributed by atoms with Gasteiger partial charge < -0.3 is 5.11 Å². The van der Waals surface area contributed by atoms with E-state index in [0.29, 0.717) is 4.90 Å². The molecular formula is C14H21NO3S. The van der Waals surface area contributed by atoms with Crippen molar-refractivity contribution < 1.29 is 13.5 Å². The van der Waals surface area contributed by atoms with Crippen molar-refractivity contribution in [3.63, 3.8) is 0 Å². The van der Waals surface area contributed by atoms with E-state index >= 15 is 0 Å². The van der Waals surface area contributed by atoms with Crippen LogP contribution in [0.4, 0.5) is 0 Å². The molecule has 5 heteroatoms. The van der Waals surface area contributed by atoms with Gasteiger partial charge in [0, 0.05) is 6.54 Å². The predicted molar refractivity (Wildman–Crippen MR) is 74.5 cm³/mol. The molecule has 2 N–H and O–H groups in total. The molecule has 1 aliphatic carbocycles. The Bertz CT molecular complexity index is 552. The van der Waals surface area contributed by atoms with Crippen molar-refractivity contribution in [2.75, 3.05) is 6.54 Å². The van der Waals surface area contributed by atoms with E-state index in [1.807, 2.05) is 19.9 Å². The van der Waals surface area contributed by atoms with Crippen molar-refractivity contribution in [3.8, 4) is 0 Å². The number of aliphatic hydroxyl groups is 1. The summed E-state index contributed by atoms with van der Waals surface area (Å²) in [6.07, 6.45) is 2.42. The average Bonchev–Trinajstić information content (AvgIpc) is 2.82. The van der Waals surface area contributed by atoms with Crippen LogP contribution in [-0.2, 0) is 22.9 Å². The van der Waals surface area contributed by atoms with Gasteiger partial charge in [-0.05, 0) is 48.4 Å². The Morgan fingerprint density at radius 1 is 1.26 bits per heavy atom. The molecule has 0 radical (unpaired) electrons. The maximum atomic E-state index is 12.1. The maximum absolute atomic E-state index is 12.1. The van der Waals surface area contributed by atoms with Gasteiger partial charge in [0.05, 0.1) is 11.0 Å². The fourth-order valence-electron chi connectivity index (χ4n) is 2.23. The van der Waals surface area contributed by atoms with Gasteiger partial charge in [-0.15, -0.1) is 0 Å². The molecule has 1 aromatic rings. The average molecular weight is 283 g/mol. The second-order valence-electron chi connectivity index (χ2n) is 5.45. The lowest BCUT2D eigenvalue weighted by molar-refractivity contribution is 0.129.